The van der Waals surface area contributed by atoms with E-state index in [0.29, 0.717) is 75.9 Å². The lowest BCUT2D eigenvalue weighted by molar-refractivity contribution is -0.144. The number of carbonyl (C=O) groups is 3. The Balaban J connectivity index is 3.01. The average Bonchev–Trinajstić information content (AvgIpc) is 2.78. The molecule has 1 atom stereocenters. The number of benzene rings is 1. The number of rotatable bonds is 17. The van der Waals surface area contributed by atoms with Crippen LogP contribution in [0.15, 0.2) is 18.2 Å². The predicted octanol–water partition coefficient (Wildman–Crippen LogP) is 5.98. The summed E-state index contributed by atoms with van der Waals surface area (Å²) in [6.45, 7) is 16.5. The standard InChI is InChI=1S/C29H48N2O6/c1-8-35-27(33)12-10-17-31(18-11-13-28(34)36-9-2)24-14-15-25(30-23(4)32)26(20-24)37-19-16-22(3)21-29(5,6)7/h14-15,20,22H,8-13,16-19,21H2,1-7H3,(H,30,32). The molecule has 1 unspecified atom stereocenters. The van der Waals surface area contributed by atoms with Crippen LogP contribution >= 0.6 is 0 Å². The van der Waals surface area contributed by atoms with Gasteiger partial charge in [-0.15, -0.1) is 0 Å². The molecule has 0 aliphatic heterocycles. The minimum Gasteiger partial charge on any atom is -0.491 e. The average molecular weight is 521 g/mol. The summed E-state index contributed by atoms with van der Waals surface area (Å²) in [5.74, 6) is 0.511. The molecule has 0 aliphatic rings. The van der Waals surface area contributed by atoms with Gasteiger partial charge < -0.3 is 24.4 Å². The topological polar surface area (TPSA) is 94.2 Å². The molecule has 1 aromatic rings. The van der Waals surface area contributed by atoms with Crippen molar-refractivity contribution in [2.75, 3.05) is 43.1 Å². The number of ether oxygens (including phenoxy) is 3. The van der Waals surface area contributed by atoms with E-state index in [1.54, 1.807) is 13.8 Å². The van der Waals surface area contributed by atoms with Crippen LogP contribution in [0.1, 0.15) is 87.0 Å². The molecular formula is C29H48N2O6. The summed E-state index contributed by atoms with van der Waals surface area (Å²) in [6, 6.07) is 5.69. The lowest BCUT2D eigenvalue weighted by Crippen LogP contribution is -2.27. The van der Waals surface area contributed by atoms with Crippen LogP contribution in [0.25, 0.3) is 0 Å². The normalized spacial score (nSPS) is 12.0. The van der Waals surface area contributed by atoms with Crippen molar-refractivity contribution in [1.82, 2.24) is 0 Å². The Labute approximate surface area is 223 Å². The zero-order chi connectivity index (χ0) is 27.8. The van der Waals surface area contributed by atoms with Gasteiger partial charge in [0.15, 0.2) is 0 Å². The lowest BCUT2D eigenvalue weighted by Gasteiger charge is -2.26. The summed E-state index contributed by atoms with van der Waals surface area (Å²) in [6.07, 6.45) is 3.88. The molecule has 0 heterocycles. The van der Waals surface area contributed by atoms with E-state index in [4.69, 9.17) is 14.2 Å². The van der Waals surface area contributed by atoms with E-state index < -0.39 is 0 Å². The number of nitrogens with one attached hydrogen (secondary N) is 1. The van der Waals surface area contributed by atoms with Crippen LogP contribution in [0.3, 0.4) is 0 Å². The fraction of sp³-hybridized carbons (Fsp3) is 0.690. The third-order valence-electron chi connectivity index (χ3n) is 5.70. The van der Waals surface area contributed by atoms with Gasteiger partial charge in [-0.05, 0) is 63.0 Å². The second-order valence-corrected chi connectivity index (χ2v) is 10.7. The number of hydrogen-bond donors (Lipinski definition) is 1. The quantitative estimate of drug-likeness (QED) is 0.253. The molecule has 0 bridgehead atoms. The van der Waals surface area contributed by atoms with Crippen molar-refractivity contribution in [3.63, 3.8) is 0 Å². The Morgan fingerprint density at radius 1 is 0.973 bits per heavy atom. The van der Waals surface area contributed by atoms with E-state index in [9.17, 15) is 14.4 Å². The van der Waals surface area contributed by atoms with E-state index in [1.165, 1.54) is 6.92 Å². The van der Waals surface area contributed by atoms with Crippen LogP contribution in [-0.2, 0) is 23.9 Å². The molecule has 1 rings (SSSR count). The zero-order valence-corrected chi connectivity index (χ0v) is 24.0. The molecule has 8 nitrogen and oxygen atoms in total. The third kappa shape index (κ3) is 14.5. The summed E-state index contributed by atoms with van der Waals surface area (Å²) in [5, 5.41) is 2.86. The van der Waals surface area contributed by atoms with E-state index in [-0.39, 0.29) is 23.3 Å². The summed E-state index contributed by atoms with van der Waals surface area (Å²) in [4.78, 5) is 37.6. The monoisotopic (exact) mass is 520 g/mol. The van der Waals surface area contributed by atoms with Gasteiger partial charge in [0.1, 0.15) is 5.75 Å². The van der Waals surface area contributed by atoms with Crippen molar-refractivity contribution in [3.8, 4) is 5.75 Å². The van der Waals surface area contributed by atoms with E-state index in [0.717, 1.165) is 18.5 Å². The molecule has 1 N–H and O–H groups in total. The Morgan fingerprint density at radius 2 is 1.54 bits per heavy atom. The maximum Gasteiger partial charge on any atom is 0.305 e. The molecule has 0 aliphatic carbocycles. The van der Waals surface area contributed by atoms with Gasteiger partial charge in [0.25, 0.3) is 0 Å². The molecule has 8 heteroatoms. The number of hydrogen-bond acceptors (Lipinski definition) is 7. The molecule has 0 saturated carbocycles. The second-order valence-electron chi connectivity index (χ2n) is 10.7. The van der Waals surface area contributed by atoms with Gasteiger partial charge >= 0.3 is 11.9 Å². The van der Waals surface area contributed by atoms with Crippen LogP contribution in [0.4, 0.5) is 11.4 Å². The highest BCUT2D eigenvalue weighted by atomic mass is 16.5. The summed E-state index contributed by atoms with van der Waals surface area (Å²) in [7, 11) is 0. The molecule has 37 heavy (non-hydrogen) atoms. The van der Waals surface area contributed by atoms with Gasteiger partial charge in [-0.1, -0.05) is 27.7 Å². The fourth-order valence-corrected chi connectivity index (χ4v) is 4.30. The van der Waals surface area contributed by atoms with Crippen molar-refractivity contribution < 1.29 is 28.6 Å². The Hall–Kier alpha value is -2.77. The van der Waals surface area contributed by atoms with Crippen molar-refractivity contribution in [1.29, 1.82) is 0 Å². The van der Waals surface area contributed by atoms with Gasteiger partial charge in [-0.2, -0.15) is 0 Å². The second kappa shape index (κ2) is 16.9. The Bertz CT molecular complexity index is 825. The van der Waals surface area contributed by atoms with Crippen LogP contribution in [0.5, 0.6) is 5.75 Å². The minimum absolute atomic E-state index is 0.167. The maximum absolute atomic E-state index is 11.8. The molecule has 1 aromatic carbocycles. The van der Waals surface area contributed by atoms with Crippen molar-refractivity contribution >= 4 is 29.2 Å². The number of esters is 2. The number of nitrogens with zero attached hydrogens (tertiary/aromatic N) is 1. The van der Waals surface area contributed by atoms with Crippen molar-refractivity contribution in [3.05, 3.63) is 18.2 Å². The number of carbonyl (C=O) groups excluding carboxylic acids is 3. The molecule has 0 radical (unpaired) electrons. The van der Waals surface area contributed by atoms with Crippen LogP contribution in [0.2, 0.25) is 0 Å². The molecule has 0 aromatic heterocycles. The zero-order valence-electron chi connectivity index (χ0n) is 24.0. The van der Waals surface area contributed by atoms with Crippen molar-refractivity contribution in [2.45, 2.75) is 87.0 Å². The highest BCUT2D eigenvalue weighted by Gasteiger charge is 2.17. The van der Waals surface area contributed by atoms with E-state index >= 15 is 0 Å². The fourth-order valence-electron chi connectivity index (χ4n) is 4.30. The first-order valence-corrected chi connectivity index (χ1v) is 13.6. The van der Waals surface area contributed by atoms with Crippen LogP contribution in [0, 0.1) is 11.3 Å². The molecular weight excluding hydrogens is 472 g/mol. The van der Waals surface area contributed by atoms with E-state index in [2.05, 4.69) is 37.9 Å². The van der Waals surface area contributed by atoms with Gasteiger partial charge in [-0.25, -0.2) is 0 Å². The molecule has 1 amide bonds. The highest BCUT2D eigenvalue weighted by Crippen LogP contribution is 2.32. The SMILES string of the molecule is CCOC(=O)CCCN(CCCC(=O)OCC)c1ccc(NC(C)=O)c(OCCC(C)CC(C)(C)C)c1. The largest absolute Gasteiger partial charge is 0.491 e. The first-order valence-electron chi connectivity index (χ1n) is 13.6. The molecule has 0 saturated heterocycles. The Kier molecular flexibility index (Phi) is 14.7. The maximum atomic E-state index is 11.8. The predicted molar refractivity (Wildman–Crippen MR) is 148 cm³/mol. The minimum atomic E-state index is -0.219. The smallest absolute Gasteiger partial charge is 0.305 e. The van der Waals surface area contributed by atoms with Gasteiger partial charge in [0, 0.05) is 44.6 Å². The number of amides is 1. The van der Waals surface area contributed by atoms with Gasteiger partial charge in [-0.3, -0.25) is 14.4 Å². The lowest BCUT2D eigenvalue weighted by atomic mass is 9.84. The van der Waals surface area contributed by atoms with Crippen molar-refractivity contribution in [2.24, 2.45) is 11.3 Å². The summed E-state index contributed by atoms with van der Waals surface area (Å²) >= 11 is 0. The molecule has 0 fully saturated rings. The van der Waals surface area contributed by atoms with Crippen LogP contribution < -0.4 is 15.0 Å². The first kappa shape index (κ1) is 32.3. The summed E-state index contributed by atoms with van der Waals surface area (Å²) in [5.41, 5.74) is 1.78. The van der Waals surface area contributed by atoms with Gasteiger partial charge in [0.05, 0.1) is 25.5 Å². The highest BCUT2D eigenvalue weighted by molar-refractivity contribution is 5.90. The number of anilines is 2. The molecule has 210 valence electrons. The Morgan fingerprint density at radius 3 is 2.03 bits per heavy atom. The van der Waals surface area contributed by atoms with E-state index in [1.807, 2.05) is 18.2 Å². The summed E-state index contributed by atoms with van der Waals surface area (Å²) < 4.78 is 16.3. The first-order chi connectivity index (χ1) is 17.4. The van der Waals surface area contributed by atoms with Crippen LogP contribution in [-0.4, -0.2) is 50.8 Å². The molecule has 0 spiro atoms. The third-order valence-corrected chi connectivity index (χ3v) is 5.70. The van der Waals surface area contributed by atoms with Gasteiger partial charge in [0.2, 0.25) is 5.91 Å².